The minimum Gasteiger partial charge on any atom is -0.488 e. The fourth-order valence-electron chi connectivity index (χ4n) is 6.31. The van der Waals surface area contributed by atoms with E-state index in [9.17, 15) is 13.6 Å². The van der Waals surface area contributed by atoms with Gasteiger partial charge in [-0.15, -0.1) is 0 Å². The van der Waals surface area contributed by atoms with Crippen molar-refractivity contribution in [2.75, 3.05) is 49.2 Å². The van der Waals surface area contributed by atoms with Crippen molar-refractivity contribution in [2.24, 2.45) is 0 Å². The van der Waals surface area contributed by atoms with Crippen molar-refractivity contribution in [3.8, 4) is 11.4 Å². The number of ether oxygens (including phenoxy) is 3. The van der Waals surface area contributed by atoms with Crippen LogP contribution >= 0.6 is 0 Å². The minimum atomic E-state index is -1.23. The van der Waals surface area contributed by atoms with Crippen LogP contribution in [0.15, 0.2) is 90.5 Å². The monoisotopic (exact) mass is 672 g/mol. The SMILES string of the molecule is CCC(C)n1ncn(-c2ccc(N3CCN(c4ccc(OC[C@@H]5OC[C@@](Cn6cncn6)(c6ccc(F)cc6F)O5)cc4)CC3)cc2)c1=O. The lowest BCUT2D eigenvalue weighted by atomic mass is 9.94. The van der Waals surface area contributed by atoms with Crippen molar-refractivity contribution >= 4 is 11.4 Å². The largest absolute Gasteiger partial charge is 0.488 e. The maximum absolute atomic E-state index is 14.9. The van der Waals surface area contributed by atoms with Crippen LogP contribution in [0.5, 0.6) is 5.75 Å². The summed E-state index contributed by atoms with van der Waals surface area (Å²) in [5.74, 6) is -0.752. The second-order valence-electron chi connectivity index (χ2n) is 12.4. The molecule has 5 aromatic rings. The van der Waals surface area contributed by atoms with Crippen LogP contribution in [0.2, 0.25) is 0 Å². The van der Waals surface area contributed by atoms with Crippen LogP contribution in [0, 0.1) is 11.6 Å². The van der Waals surface area contributed by atoms with E-state index in [1.165, 1.54) is 34.2 Å². The van der Waals surface area contributed by atoms with Gasteiger partial charge < -0.3 is 24.0 Å². The topological polar surface area (TPSA) is 105 Å². The zero-order valence-electron chi connectivity index (χ0n) is 27.4. The standard InChI is InChI=1S/C35H38F2N8O4/c1-3-25(2)45-34(46)44(24-40-45)29-7-5-27(6-8-29)41-14-16-42(17-15-41)28-9-11-30(12-10-28)47-19-33-48-21-35(49-33,20-43-23-38-22-39-43)31-13-4-26(36)18-32(31)37/h4-13,18,22-25,33H,3,14-17,19-21H2,1-2H3/t25?,33-,35+/m1/s1. The number of rotatable bonds is 11. The first kappa shape index (κ1) is 32.5. The molecule has 12 nitrogen and oxygen atoms in total. The predicted molar refractivity (Wildman–Crippen MR) is 178 cm³/mol. The van der Waals surface area contributed by atoms with Crippen LogP contribution in [0.4, 0.5) is 20.2 Å². The summed E-state index contributed by atoms with van der Waals surface area (Å²) in [6, 6.07) is 19.3. The molecule has 2 saturated heterocycles. The fourth-order valence-corrected chi connectivity index (χ4v) is 6.31. The highest BCUT2D eigenvalue weighted by molar-refractivity contribution is 5.54. The third-order valence-electron chi connectivity index (χ3n) is 9.23. The Morgan fingerprint density at radius 1 is 0.918 bits per heavy atom. The number of piperazine rings is 1. The molecule has 2 aromatic heterocycles. The van der Waals surface area contributed by atoms with Crippen molar-refractivity contribution in [1.29, 1.82) is 0 Å². The second-order valence-corrected chi connectivity index (χ2v) is 12.4. The van der Waals surface area contributed by atoms with Crippen LogP contribution in [-0.4, -0.2) is 74.8 Å². The average molecular weight is 673 g/mol. The molecule has 0 radical (unpaired) electrons. The summed E-state index contributed by atoms with van der Waals surface area (Å²) in [6.07, 6.45) is 4.53. The summed E-state index contributed by atoms with van der Waals surface area (Å²) in [6.45, 7) is 7.66. The van der Waals surface area contributed by atoms with Gasteiger partial charge >= 0.3 is 5.69 Å². The molecule has 7 rings (SSSR count). The Bertz CT molecular complexity index is 1910. The van der Waals surface area contributed by atoms with Crippen LogP contribution in [0.1, 0.15) is 31.9 Å². The summed E-state index contributed by atoms with van der Waals surface area (Å²) >= 11 is 0. The lowest BCUT2D eigenvalue weighted by Crippen LogP contribution is -2.46. The molecule has 0 aliphatic carbocycles. The smallest absolute Gasteiger partial charge is 0.350 e. The molecule has 3 aromatic carbocycles. The van der Waals surface area contributed by atoms with E-state index in [1.54, 1.807) is 10.9 Å². The van der Waals surface area contributed by atoms with Gasteiger partial charge in [0.15, 0.2) is 6.29 Å². The van der Waals surface area contributed by atoms with E-state index in [0.29, 0.717) is 5.75 Å². The van der Waals surface area contributed by atoms with E-state index in [4.69, 9.17) is 14.2 Å². The van der Waals surface area contributed by atoms with Gasteiger partial charge in [-0.1, -0.05) is 13.0 Å². The van der Waals surface area contributed by atoms with Gasteiger partial charge in [0.2, 0.25) is 0 Å². The molecule has 0 amide bonds. The number of halogens is 2. The van der Waals surface area contributed by atoms with Crippen LogP contribution in [0.3, 0.4) is 0 Å². The first-order chi connectivity index (χ1) is 23.8. The summed E-state index contributed by atoms with van der Waals surface area (Å²) < 4.78 is 51.3. The summed E-state index contributed by atoms with van der Waals surface area (Å²) in [7, 11) is 0. The maximum Gasteiger partial charge on any atom is 0.350 e. The Morgan fingerprint density at radius 3 is 2.22 bits per heavy atom. The van der Waals surface area contributed by atoms with Gasteiger partial charge in [-0.3, -0.25) is 0 Å². The molecule has 14 heteroatoms. The molecule has 2 aliphatic heterocycles. The quantitative estimate of drug-likeness (QED) is 0.200. The molecular weight excluding hydrogens is 634 g/mol. The molecule has 2 aliphatic rings. The Labute approximate surface area is 282 Å². The highest BCUT2D eigenvalue weighted by Crippen LogP contribution is 2.37. The zero-order chi connectivity index (χ0) is 34.0. The molecule has 49 heavy (non-hydrogen) atoms. The van der Waals surface area contributed by atoms with Gasteiger partial charge in [0.25, 0.3) is 0 Å². The molecule has 256 valence electrons. The predicted octanol–water partition coefficient (Wildman–Crippen LogP) is 4.55. The first-order valence-electron chi connectivity index (χ1n) is 16.4. The van der Waals surface area contributed by atoms with Crippen molar-refractivity contribution in [1.82, 2.24) is 29.1 Å². The van der Waals surface area contributed by atoms with Gasteiger partial charge in [-0.25, -0.2) is 32.5 Å². The van der Waals surface area contributed by atoms with Crippen LogP contribution in [0.25, 0.3) is 5.69 Å². The number of benzene rings is 3. The molecule has 0 spiro atoms. The van der Waals surface area contributed by atoms with E-state index in [1.807, 2.05) is 50.2 Å². The van der Waals surface area contributed by atoms with Gasteiger partial charge in [-0.2, -0.15) is 10.2 Å². The maximum atomic E-state index is 14.9. The summed E-state index contributed by atoms with van der Waals surface area (Å²) in [4.78, 5) is 21.4. The first-order valence-corrected chi connectivity index (χ1v) is 16.4. The zero-order valence-corrected chi connectivity index (χ0v) is 27.4. The van der Waals surface area contributed by atoms with Gasteiger partial charge in [-0.05, 0) is 67.9 Å². The Kier molecular flexibility index (Phi) is 9.15. The third-order valence-corrected chi connectivity index (χ3v) is 9.23. The van der Waals surface area contributed by atoms with E-state index in [-0.39, 0.29) is 37.1 Å². The highest BCUT2D eigenvalue weighted by atomic mass is 19.1. The van der Waals surface area contributed by atoms with E-state index in [2.05, 4.69) is 37.1 Å². The van der Waals surface area contributed by atoms with E-state index >= 15 is 0 Å². The molecule has 1 unspecified atom stereocenters. The molecule has 0 N–H and O–H groups in total. The van der Waals surface area contributed by atoms with E-state index in [0.717, 1.165) is 55.7 Å². The van der Waals surface area contributed by atoms with E-state index < -0.39 is 23.5 Å². The number of nitrogens with zero attached hydrogens (tertiary/aromatic N) is 8. The lowest BCUT2D eigenvalue weighted by molar-refractivity contribution is -0.117. The molecule has 0 bridgehead atoms. The van der Waals surface area contributed by atoms with Crippen molar-refractivity contribution in [2.45, 2.75) is 44.7 Å². The van der Waals surface area contributed by atoms with Crippen molar-refractivity contribution in [3.63, 3.8) is 0 Å². The lowest BCUT2D eigenvalue weighted by Gasteiger charge is -2.37. The molecular formula is C35H38F2N8O4. The third kappa shape index (κ3) is 6.78. The normalized spacial score (nSPS) is 20.1. The molecule has 2 fully saturated rings. The van der Waals surface area contributed by atoms with Crippen molar-refractivity contribution in [3.05, 3.63) is 113 Å². The Morgan fingerprint density at radius 2 is 1.59 bits per heavy atom. The van der Waals surface area contributed by atoms with Crippen molar-refractivity contribution < 1.29 is 23.0 Å². The number of hydrogen-bond donors (Lipinski definition) is 0. The van der Waals surface area contributed by atoms with Gasteiger partial charge in [0, 0.05) is 49.2 Å². The average Bonchev–Trinajstić information content (AvgIpc) is 3.88. The highest BCUT2D eigenvalue weighted by Gasteiger charge is 2.45. The molecule has 3 atom stereocenters. The summed E-state index contributed by atoms with van der Waals surface area (Å²) in [5, 5.41) is 8.41. The molecule has 0 saturated carbocycles. The minimum absolute atomic E-state index is 0.0303. The number of aromatic nitrogens is 6. The van der Waals surface area contributed by atoms with Gasteiger partial charge in [0.05, 0.1) is 24.9 Å². The van der Waals surface area contributed by atoms with Crippen LogP contribution < -0.4 is 20.2 Å². The second kappa shape index (κ2) is 13.8. The number of hydrogen-bond acceptors (Lipinski definition) is 9. The molecule has 4 heterocycles. The fraction of sp³-hybridized carbons (Fsp3) is 0.371. The Balaban J connectivity index is 0.925. The van der Waals surface area contributed by atoms with Crippen LogP contribution in [-0.2, 0) is 21.6 Å². The van der Waals surface area contributed by atoms with Gasteiger partial charge in [0.1, 0.15) is 48.6 Å². The summed E-state index contributed by atoms with van der Waals surface area (Å²) in [5.41, 5.74) is 1.81. The number of anilines is 2. The Hall–Kier alpha value is -5.08.